The molecule has 5 heteroatoms. The van der Waals surface area contributed by atoms with E-state index in [2.05, 4.69) is 10.3 Å². The van der Waals surface area contributed by atoms with E-state index in [9.17, 15) is 9.59 Å². The fourth-order valence-corrected chi connectivity index (χ4v) is 3.50. The lowest BCUT2D eigenvalue weighted by Gasteiger charge is -2.12. The van der Waals surface area contributed by atoms with Crippen molar-refractivity contribution in [2.75, 3.05) is 5.32 Å². The molecule has 0 spiro atoms. The number of Topliss-reactive ketones (excluding diaryl/α,β-unsaturated/α-hetero) is 1. The van der Waals surface area contributed by atoms with Crippen LogP contribution in [0.5, 0.6) is 11.5 Å². The second kappa shape index (κ2) is 9.22. The summed E-state index contributed by atoms with van der Waals surface area (Å²) in [7, 11) is 0. The Balaban J connectivity index is 1.49. The second-order valence-corrected chi connectivity index (χ2v) is 7.38. The van der Waals surface area contributed by atoms with Crippen LogP contribution < -0.4 is 10.1 Å². The highest BCUT2D eigenvalue weighted by molar-refractivity contribution is 5.91. The summed E-state index contributed by atoms with van der Waals surface area (Å²) >= 11 is 0. The van der Waals surface area contributed by atoms with Crippen molar-refractivity contribution in [1.29, 1.82) is 0 Å². The van der Waals surface area contributed by atoms with Crippen molar-refractivity contribution in [2.24, 2.45) is 0 Å². The number of nitrogens with zero attached hydrogens (tertiary/aromatic N) is 1. The van der Waals surface area contributed by atoms with Gasteiger partial charge in [-0.15, -0.1) is 0 Å². The van der Waals surface area contributed by atoms with Crippen LogP contribution in [0.3, 0.4) is 0 Å². The maximum Gasteiger partial charge on any atom is 0.211 e. The van der Waals surface area contributed by atoms with Crippen LogP contribution in [-0.2, 0) is 22.4 Å². The largest absolute Gasteiger partial charge is 0.457 e. The Morgan fingerprint density at radius 1 is 0.968 bits per heavy atom. The van der Waals surface area contributed by atoms with E-state index in [1.807, 2.05) is 73.7 Å². The predicted molar refractivity (Wildman–Crippen MR) is 122 cm³/mol. The molecule has 0 fully saturated rings. The van der Waals surface area contributed by atoms with E-state index in [0.717, 1.165) is 27.6 Å². The van der Waals surface area contributed by atoms with E-state index in [-0.39, 0.29) is 5.78 Å². The molecule has 1 N–H and O–H groups in total. The van der Waals surface area contributed by atoms with E-state index in [1.165, 1.54) is 0 Å². The predicted octanol–water partition coefficient (Wildman–Crippen LogP) is 5.26. The average Bonchev–Trinajstić information content (AvgIpc) is 2.77. The summed E-state index contributed by atoms with van der Waals surface area (Å²) in [6, 6.07) is 22.8. The maximum absolute atomic E-state index is 12.3. The van der Waals surface area contributed by atoms with Crippen molar-refractivity contribution < 1.29 is 14.3 Å². The molecule has 154 valence electrons. The topological polar surface area (TPSA) is 68.3 Å². The third kappa shape index (κ3) is 4.95. The normalized spacial score (nSPS) is 10.6. The lowest BCUT2D eigenvalue weighted by atomic mass is 10.0. The summed E-state index contributed by atoms with van der Waals surface area (Å²) in [4.78, 5) is 27.6. The number of rotatable bonds is 8. The van der Waals surface area contributed by atoms with Gasteiger partial charge < -0.3 is 10.1 Å². The van der Waals surface area contributed by atoms with Crippen LogP contribution in [0.15, 0.2) is 79.0 Å². The van der Waals surface area contributed by atoms with Crippen LogP contribution in [0.4, 0.5) is 5.69 Å². The number of pyridine rings is 1. The molecule has 0 aliphatic carbocycles. The molecule has 0 aliphatic heterocycles. The summed E-state index contributed by atoms with van der Waals surface area (Å²) in [5, 5.41) is 3.51. The van der Waals surface area contributed by atoms with E-state index in [4.69, 9.17) is 4.74 Å². The number of anilines is 1. The minimum absolute atomic E-state index is 0.172. The third-order valence-electron chi connectivity index (χ3n) is 5.06. The number of ketones is 1. The summed E-state index contributed by atoms with van der Waals surface area (Å²) in [6.45, 7) is 1.91. The lowest BCUT2D eigenvalue weighted by molar-refractivity contribution is -0.117. The first-order valence-corrected chi connectivity index (χ1v) is 10.0. The van der Waals surface area contributed by atoms with Gasteiger partial charge in [-0.1, -0.05) is 42.5 Å². The number of aryl methyl sites for hydroxylation is 1. The van der Waals surface area contributed by atoms with Crippen LogP contribution in [0.1, 0.15) is 16.7 Å². The Kier molecular flexibility index (Phi) is 6.03. The Hall–Kier alpha value is -3.99. The van der Waals surface area contributed by atoms with Gasteiger partial charge in [0.1, 0.15) is 17.3 Å². The molecule has 5 nitrogen and oxygen atoms in total. The van der Waals surface area contributed by atoms with Crippen molar-refractivity contribution in [3.63, 3.8) is 0 Å². The van der Waals surface area contributed by atoms with Gasteiger partial charge in [-0.3, -0.25) is 14.6 Å². The summed E-state index contributed by atoms with van der Waals surface area (Å²) in [6.07, 6.45) is 3.16. The minimum atomic E-state index is 0.172. The van der Waals surface area contributed by atoms with Crippen molar-refractivity contribution in [2.45, 2.75) is 19.8 Å². The molecule has 31 heavy (non-hydrogen) atoms. The van der Waals surface area contributed by atoms with Gasteiger partial charge in [0.2, 0.25) is 6.41 Å². The van der Waals surface area contributed by atoms with E-state index < -0.39 is 0 Å². The number of carbonyl (C=O) groups excluding carboxylic acids is 2. The molecule has 4 rings (SSSR count). The molecule has 0 saturated carbocycles. The SMILES string of the molecule is Cc1cc2nccc(Oc3ccc(CC(=O)Cc4ccccc4)cc3)c2cc1NC=O. The summed E-state index contributed by atoms with van der Waals surface area (Å²) in [5.41, 5.74) is 4.40. The van der Waals surface area contributed by atoms with Crippen molar-refractivity contribution >= 4 is 28.8 Å². The van der Waals surface area contributed by atoms with Crippen molar-refractivity contribution in [3.8, 4) is 11.5 Å². The fourth-order valence-electron chi connectivity index (χ4n) is 3.50. The Morgan fingerprint density at radius 3 is 2.39 bits per heavy atom. The smallest absolute Gasteiger partial charge is 0.211 e. The molecule has 0 aliphatic rings. The maximum atomic E-state index is 12.3. The lowest BCUT2D eigenvalue weighted by Crippen LogP contribution is -2.06. The molecule has 1 aromatic heterocycles. The molecule has 3 aromatic carbocycles. The average molecular weight is 410 g/mol. The van der Waals surface area contributed by atoms with E-state index in [1.54, 1.807) is 12.3 Å². The molecule has 1 amide bonds. The van der Waals surface area contributed by atoms with Crippen LogP contribution in [0, 0.1) is 6.92 Å². The van der Waals surface area contributed by atoms with Gasteiger partial charge in [0.15, 0.2) is 0 Å². The number of amides is 1. The second-order valence-electron chi connectivity index (χ2n) is 7.38. The zero-order valence-electron chi connectivity index (χ0n) is 17.2. The van der Waals surface area contributed by atoms with Crippen LogP contribution >= 0.6 is 0 Å². The number of aromatic nitrogens is 1. The first-order chi connectivity index (χ1) is 15.1. The number of benzene rings is 3. The van der Waals surface area contributed by atoms with Gasteiger partial charge >= 0.3 is 0 Å². The first kappa shape index (κ1) is 20.3. The fraction of sp³-hybridized carbons (Fsp3) is 0.115. The van der Waals surface area contributed by atoms with Crippen LogP contribution in [0.25, 0.3) is 10.9 Å². The molecule has 1 heterocycles. The van der Waals surface area contributed by atoms with Gasteiger partial charge in [-0.2, -0.15) is 0 Å². The zero-order chi connectivity index (χ0) is 21.6. The molecule has 0 unspecified atom stereocenters. The Bertz CT molecular complexity index is 1220. The first-order valence-electron chi connectivity index (χ1n) is 10.0. The number of fused-ring (bicyclic) bond motifs is 1. The monoisotopic (exact) mass is 410 g/mol. The van der Waals surface area contributed by atoms with Crippen LogP contribution in [0.2, 0.25) is 0 Å². The molecule has 0 bridgehead atoms. The molecule has 0 radical (unpaired) electrons. The quantitative estimate of drug-likeness (QED) is 0.403. The van der Waals surface area contributed by atoms with Gasteiger partial charge in [0.05, 0.1) is 5.52 Å². The zero-order valence-corrected chi connectivity index (χ0v) is 17.2. The standard InChI is InChI=1S/C26H22N2O3/c1-18-13-25-23(16-24(18)28-17-29)26(11-12-27-25)31-22-9-7-20(8-10-22)15-21(30)14-19-5-3-2-4-6-19/h2-13,16-17H,14-15H2,1H3,(H,28,29). The van der Waals surface area contributed by atoms with E-state index >= 15 is 0 Å². The highest BCUT2D eigenvalue weighted by Crippen LogP contribution is 2.32. The number of carbonyl (C=O) groups is 2. The molecular formula is C26H22N2O3. The van der Waals surface area contributed by atoms with Crippen molar-refractivity contribution in [1.82, 2.24) is 4.98 Å². The van der Waals surface area contributed by atoms with Gasteiger partial charge in [-0.25, -0.2) is 0 Å². The minimum Gasteiger partial charge on any atom is -0.457 e. The van der Waals surface area contributed by atoms with Gasteiger partial charge in [-0.05, 0) is 53.9 Å². The molecule has 0 saturated heterocycles. The highest BCUT2D eigenvalue weighted by atomic mass is 16.5. The Labute approximate surface area is 180 Å². The number of hydrogen-bond acceptors (Lipinski definition) is 4. The highest BCUT2D eigenvalue weighted by Gasteiger charge is 2.09. The summed E-state index contributed by atoms with van der Waals surface area (Å²) in [5.74, 6) is 1.48. The molecular weight excluding hydrogens is 388 g/mol. The Morgan fingerprint density at radius 2 is 1.68 bits per heavy atom. The van der Waals surface area contributed by atoms with Crippen molar-refractivity contribution in [3.05, 3.63) is 95.7 Å². The third-order valence-corrected chi connectivity index (χ3v) is 5.06. The number of hydrogen-bond donors (Lipinski definition) is 1. The summed E-state index contributed by atoms with van der Waals surface area (Å²) < 4.78 is 6.08. The van der Waals surface area contributed by atoms with Gasteiger partial charge in [0, 0.05) is 30.1 Å². The molecule has 0 atom stereocenters. The van der Waals surface area contributed by atoms with E-state index in [0.29, 0.717) is 36.4 Å². The number of ether oxygens (including phenoxy) is 1. The van der Waals surface area contributed by atoms with Crippen LogP contribution in [-0.4, -0.2) is 17.2 Å². The molecule has 4 aromatic rings. The number of nitrogens with one attached hydrogen (secondary N) is 1. The van der Waals surface area contributed by atoms with Gasteiger partial charge in [0.25, 0.3) is 0 Å².